The summed E-state index contributed by atoms with van der Waals surface area (Å²) >= 11 is 6.00. The number of hydrogen-bond donors (Lipinski definition) is 2. The van der Waals surface area contributed by atoms with E-state index in [1.54, 1.807) is 11.9 Å². The molecular weight excluding hydrogens is 456 g/mol. The molecule has 1 aromatic heterocycles. The van der Waals surface area contributed by atoms with Crippen LogP contribution in [-0.2, 0) is 15.0 Å². The number of nitrogens with one attached hydrogen (secondary N) is 2. The number of halogens is 1. The first-order valence-electron chi connectivity index (χ1n) is 11.0. The number of likely N-dealkylation sites (tertiary alicyclic amines) is 1. The van der Waals surface area contributed by atoms with Gasteiger partial charge in [0.1, 0.15) is 17.1 Å². The molecule has 0 saturated carbocycles. The first kappa shape index (κ1) is 23.7. The molecule has 0 unspecified atom stereocenters. The Labute approximate surface area is 203 Å². The van der Waals surface area contributed by atoms with Crippen LogP contribution in [0.5, 0.6) is 0 Å². The van der Waals surface area contributed by atoms with E-state index in [-0.39, 0.29) is 46.6 Å². The largest absolute Gasteiger partial charge is 0.355 e. The third kappa shape index (κ3) is 4.11. The van der Waals surface area contributed by atoms with Crippen molar-refractivity contribution in [2.45, 2.75) is 25.2 Å². The van der Waals surface area contributed by atoms with Crippen LogP contribution in [-0.4, -0.2) is 72.2 Å². The van der Waals surface area contributed by atoms with Crippen molar-refractivity contribution in [3.8, 4) is 0 Å². The standard InChI is InChI=1S/C24H27ClN6O3/c1-14(2)15-7-5-6-8-17(15)24(12-31(13-24)23-29-20(32)11-30(23)4)22(34)28-18-10-27-19(25)9-16(18)21(33)26-3/h5-10,14H,11-13H2,1-4H3,(H,26,33)(H,28,34). The molecule has 0 aliphatic carbocycles. The molecule has 2 aliphatic heterocycles. The van der Waals surface area contributed by atoms with E-state index in [0.717, 1.165) is 11.1 Å². The summed E-state index contributed by atoms with van der Waals surface area (Å²) in [5, 5.41) is 5.63. The van der Waals surface area contributed by atoms with Crippen LogP contribution in [0, 0.1) is 0 Å². The summed E-state index contributed by atoms with van der Waals surface area (Å²) in [4.78, 5) is 50.0. The van der Waals surface area contributed by atoms with Gasteiger partial charge >= 0.3 is 0 Å². The van der Waals surface area contributed by atoms with Crippen LogP contribution in [0.4, 0.5) is 5.69 Å². The van der Waals surface area contributed by atoms with Crippen LogP contribution in [0.3, 0.4) is 0 Å². The van der Waals surface area contributed by atoms with Crippen molar-refractivity contribution >= 4 is 41.0 Å². The van der Waals surface area contributed by atoms with Crippen molar-refractivity contribution in [2.75, 3.05) is 39.0 Å². The van der Waals surface area contributed by atoms with Gasteiger partial charge in [-0.2, -0.15) is 4.99 Å². The molecular formula is C24H27ClN6O3. The monoisotopic (exact) mass is 482 g/mol. The van der Waals surface area contributed by atoms with Gasteiger partial charge < -0.3 is 20.4 Å². The van der Waals surface area contributed by atoms with Crippen molar-refractivity contribution < 1.29 is 14.4 Å². The molecule has 0 bridgehead atoms. The van der Waals surface area contributed by atoms with Crippen LogP contribution >= 0.6 is 11.6 Å². The van der Waals surface area contributed by atoms with Crippen molar-refractivity contribution in [3.05, 3.63) is 58.4 Å². The number of nitrogens with zero attached hydrogens (tertiary/aromatic N) is 4. The molecule has 2 aromatic rings. The molecule has 3 amide bonds. The molecule has 3 heterocycles. The molecule has 34 heavy (non-hydrogen) atoms. The minimum Gasteiger partial charge on any atom is -0.355 e. The van der Waals surface area contributed by atoms with Gasteiger partial charge in [0.2, 0.25) is 11.9 Å². The molecule has 0 radical (unpaired) electrons. The van der Waals surface area contributed by atoms with Gasteiger partial charge in [0.05, 0.1) is 17.4 Å². The molecule has 1 fully saturated rings. The van der Waals surface area contributed by atoms with E-state index in [1.807, 2.05) is 29.2 Å². The predicted octanol–water partition coefficient (Wildman–Crippen LogP) is 2.24. The van der Waals surface area contributed by atoms with Gasteiger partial charge in [-0.3, -0.25) is 14.4 Å². The Morgan fingerprint density at radius 3 is 2.53 bits per heavy atom. The minimum atomic E-state index is -0.907. The first-order valence-corrected chi connectivity index (χ1v) is 11.4. The van der Waals surface area contributed by atoms with Gasteiger partial charge in [-0.1, -0.05) is 49.7 Å². The second kappa shape index (κ2) is 9.06. The molecule has 178 valence electrons. The Morgan fingerprint density at radius 2 is 1.91 bits per heavy atom. The number of hydrogen-bond acceptors (Lipinski definition) is 6. The van der Waals surface area contributed by atoms with Crippen LogP contribution in [0.15, 0.2) is 41.5 Å². The number of carbonyl (C=O) groups excluding carboxylic acids is 3. The van der Waals surface area contributed by atoms with Crippen molar-refractivity contribution in [1.82, 2.24) is 20.1 Å². The Kier molecular flexibility index (Phi) is 6.31. The Bertz CT molecular complexity index is 1190. The quantitative estimate of drug-likeness (QED) is 0.633. The number of pyridine rings is 1. The lowest BCUT2D eigenvalue weighted by molar-refractivity contribution is -0.126. The number of benzene rings is 1. The van der Waals surface area contributed by atoms with Gasteiger partial charge in [-0.15, -0.1) is 0 Å². The van der Waals surface area contributed by atoms with Crippen LogP contribution in [0.2, 0.25) is 5.15 Å². The lowest BCUT2D eigenvalue weighted by Crippen LogP contribution is -2.68. The average Bonchev–Trinajstić information content (AvgIpc) is 3.11. The molecule has 10 heteroatoms. The van der Waals surface area contributed by atoms with Gasteiger partial charge in [-0.05, 0) is 23.1 Å². The zero-order valence-corrected chi connectivity index (χ0v) is 20.3. The summed E-state index contributed by atoms with van der Waals surface area (Å²) < 4.78 is 0. The molecule has 0 spiro atoms. The number of guanidine groups is 1. The average molecular weight is 483 g/mol. The Morgan fingerprint density at radius 1 is 1.21 bits per heavy atom. The fraction of sp³-hybridized carbons (Fsp3) is 0.375. The fourth-order valence-electron chi connectivity index (χ4n) is 4.53. The second-order valence-electron chi connectivity index (χ2n) is 8.93. The Hall–Kier alpha value is -3.46. The van der Waals surface area contributed by atoms with E-state index in [1.165, 1.54) is 19.3 Å². The summed E-state index contributed by atoms with van der Waals surface area (Å²) in [6.07, 6.45) is 1.39. The summed E-state index contributed by atoms with van der Waals surface area (Å²) in [6.45, 7) is 5.08. The highest BCUT2D eigenvalue weighted by atomic mass is 35.5. The number of aromatic nitrogens is 1. The summed E-state index contributed by atoms with van der Waals surface area (Å²) in [5.74, 6) is -0.0913. The summed E-state index contributed by atoms with van der Waals surface area (Å²) in [5.41, 5.74) is 1.57. The highest BCUT2D eigenvalue weighted by molar-refractivity contribution is 6.30. The number of carbonyl (C=O) groups is 3. The predicted molar refractivity (Wildman–Crippen MR) is 130 cm³/mol. The third-order valence-electron chi connectivity index (χ3n) is 6.27. The highest BCUT2D eigenvalue weighted by Gasteiger charge is 2.54. The lowest BCUT2D eigenvalue weighted by Gasteiger charge is -2.51. The van der Waals surface area contributed by atoms with Crippen LogP contribution < -0.4 is 10.6 Å². The number of anilines is 1. The van der Waals surface area contributed by atoms with Gasteiger partial charge in [0.25, 0.3) is 11.8 Å². The van der Waals surface area contributed by atoms with Gasteiger partial charge in [-0.25, -0.2) is 4.98 Å². The number of aliphatic imine (C=N–C) groups is 1. The van der Waals surface area contributed by atoms with E-state index in [0.29, 0.717) is 19.0 Å². The third-order valence-corrected chi connectivity index (χ3v) is 6.47. The van der Waals surface area contributed by atoms with E-state index in [2.05, 4.69) is 34.5 Å². The molecule has 2 aliphatic rings. The number of likely N-dealkylation sites (N-methyl/N-ethyl adjacent to an activating group) is 1. The number of rotatable bonds is 5. The number of amides is 3. The summed E-state index contributed by atoms with van der Waals surface area (Å²) in [6, 6.07) is 9.30. The molecule has 0 atom stereocenters. The van der Waals surface area contributed by atoms with Crippen molar-refractivity contribution in [3.63, 3.8) is 0 Å². The van der Waals surface area contributed by atoms with Crippen molar-refractivity contribution in [2.24, 2.45) is 4.99 Å². The van der Waals surface area contributed by atoms with E-state index in [4.69, 9.17) is 11.6 Å². The SMILES string of the molecule is CNC(=O)c1cc(Cl)ncc1NC(=O)C1(c2ccccc2C(C)C)CN(C2=NC(=O)CN2C)C1. The molecule has 4 rings (SSSR count). The van der Waals surface area contributed by atoms with Gasteiger partial charge in [0, 0.05) is 27.2 Å². The molecule has 1 saturated heterocycles. The molecule has 2 N–H and O–H groups in total. The zero-order valence-electron chi connectivity index (χ0n) is 19.6. The van der Waals surface area contributed by atoms with E-state index < -0.39 is 5.41 Å². The maximum atomic E-state index is 13.9. The Balaban J connectivity index is 1.73. The minimum absolute atomic E-state index is 0.151. The summed E-state index contributed by atoms with van der Waals surface area (Å²) in [7, 11) is 3.31. The maximum absolute atomic E-state index is 13.9. The maximum Gasteiger partial charge on any atom is 0.268 e. The second-order valence-corrected chi connectivity index (χ2v) is 9.31. The van der Waals surface area contributed by atoms with Crippen LogP contribution in [0.1, 0.15) is 41.3 Å². The normalized spacial score (nSPS) is 16.9. The molecule has 9 nitrogen and oxygen atoms in total. The van der Waals surface area contributed by atoms with E-state index in [9.17, 15) is 14.4 Å². The lowest BCUT2D eigenvalue weighted by atomic mass is 9.69. The highest BCUT2D eigenvalue weighted by Crippen LogP contribution is 2.40. The fourth-order valence-corrected chi connectivity index (χ4v) is 4.69. The smallest absolute Gasteiger partial charge is 0.268 e. The van der Waals surface area contributed by atoms with Gasteiger partial charge in [0.15, 0.2) is 0 Å². The first-order chi connectivity index (χ1) is 16.2. The van der Waals surface area contributed by atoms with E-state index >= 15 is 0 Å². The van der Waals surface area contributed by atoms with Crippen molar-refractivity contribution in [1.29, 1.82) is 0 Å². The zero-order chi connectivity index (χ0) is 24.6. The topological polar surface area (TPSA) is 107 Å². The van der Waals surface area contributed by atoms with Crippen LogP contribution in [0.25, 0.3) is 0 Å². The molecule has 1 aromatic carbocycles.